The first-order valence-corrected chi connectivity index (χ1v) is 16.3. The molecule has 1 heterocycles. The molecule has 0 spiro atoms. The van der Waals surface area contributed by atoms with Gasteiger partial charge < -0.3 is 45.4 Å². The van der Waals surface area contributed by atoms with Crippen molar-refractivity contribution in [3.8, 4) is 0 Å². The van der Waals surface area contributed by atoms with Crippen LogP contribution in [-0.2, 0) is 14.3 Å². The number of nitrogens with one attached hydrogen (secondary N) is 1. The van der Waals surface area contributed by atoms with Crippen LogP contribution in [0.3, 0.4) is 0 Å². The van der Waals surface area contributed by atoms with Crippen LogP contribution in [0, 0.1) is 0 Å². The normalized spacial score (nSPS) is 25.1. The predicted molar refractivity (Wildman–Crippen MR) is 158 cm³/mol. The Morgan fingerprint density at radius 2 is 1.27 bits per heavy atom. The van der Waals surface area contributed by atoms with Crippen molar-refractivity contribution in [2.45, 2.75) is 178 Å². The third-order valence-corrected chi connectivity index (χ3v) is 8.05. The number of ether oxygens (including phenoxy) is 2. The van der Waals surface area contributed by atoms with E-state index >= 15 is 0 Å². The Hall–Kier alpha value is -0.850. The van der Waals surface area contributed by atoms with Gasteiger partial charge in [0.2, 0.25) is 5.91 Å². The summed E-state index contributed by atoms with van der Waals surface area (Å²) in [7, 11) is 0. The number of rotatable bonds is 25. The lowest BCUT2D eigenvalue weighted by Gasteiger charge is -2.40. The summed E-state index contributed by atoms with van der Waals surface area (Å²) < 4.78 is 11.0. The number of hydrogen-bond donors (Lipinski definition) is 7. The lowest BCUT2D eigenvalue weighted by molar-refractivity contribution is -0.303. The minimum atomic E-state index is -1.60. The summed E-state index contributed by atoms with van der Waals surface area (Å²) >= 11 is 0. The third kappa shape index (κ3) is 16.0. The molecule has 1 fully saturated rings. The molecule has 0 bridgehead atoms. The third-order valence-electron chi connectivity index (χ3n) is 8.05. The summed E-state index contributed by atoms with van der Waals surface area (Å²) in [5, 5.41) is 64.1. The average molecular weight is 592 g/mol. The minimum absolute atomic E-state index is 0.276. The predicted octanol–water partition coefficient (Wildman–Crippen LogP) is 3.07. The smallest absolute Gasteiger partial charge is 0.220 e. The van der Waals surface area contributed by atoms with Gasteiger partial charge >= 0.3 is 0 Å². The van der Waals surface area contributed by atoms with E-state index in [9.17, 15) is 35.4 Å². The van der Waals surface area contributed by atoms with Crippen molar-refractivity contribution < 1.29 is 44.9 Å². The van der Waals surface area contributed by atoms with Gasteiger partial charge in [-0.1, -0.05) is 110 Å². The molecule has 41 heavy (non-hydrogen) atoms. The van der Waals surface area contributed by atoms with E-state index in [0.717, 1.165) is 44.9 Å². The maximum atomic E-state index is 12.6. The molecule has 1 rings (SSSR count). The summed E-state index contributed by atoms with van der Waals surface area (Å²) in [6.07, 6.45) is 9.05. The van der Waals surface area contributed by atoms with Gasteiger partial charge in [-0.15, -0.1) is 0 Å². The molecule has 0 aromatic rings. The molecule has 1 aliphatic heterocycles. The van der Waals surface area contributed by atoms with Gasteiger partial charge in [-0.05, 0) is 12.8 Å². The van der Waals surface area contributed by atoms with Crippen LogP contribution in [0.1, 0.15) is 129 Å². The number of carbonyl (C=O) groups is 1. The van der Waals surface area contributed by atoms with Crippen LogP contribution in [-0.4, -0.2) is 98.7 Å². The second-order valence-corrected chi connectivity index (χ2v) is 11.8. The van der Waals surface area contributed by atoms with E-state index in [1.54, 1.807) is 0 Å². The lowest BCUT2D eigenvalue weighted by atomic mass is 9.98. The number of amides is 1. The van der Waals surface area contributed by atoms with E-state index in [4.69, 9.17) is 9.47 Å². The summed E-state index contributed by atoms with van der Waals surface area (Å²) in [6.45, 7) is 3.42. The Kier molecular flexibility index (Phi) is 22.0. The Bertz CT molecular complexity index is 639. The van der Waals surface area contributed by atoms with Gasteiger partial charge in [0, 0.05) is 6.42 Å². The molecule has 7 N–H and O–H groups in total. The summed E-state index contributed by atoms with van der Waals surface area (Å²) in [6, 6.07) is -0.978. The minimum Gasteiger partial charge on any atom is -0.394 e. The molecule has 0 saturated carbocycles. The van der Waals surface area contributed by atoms with Gasteiger partial charge in [0.05, 0.1) is 25.4 Å². The molecule has 8 atom stereocenters. The monoisotopic (exact) mass is 591 g/mol. The highest BCUT2D eigenvalue weighted by molar-refractivity contribution is 5.76. The van der Waals surface area contributed by atoms with E-state index in [1.807, 2.05) is 0 Å². The van der Waals surface area contributed by atoms with Gasteiger partial charge in [-0.3, -0.25) is 4.79 Å². The fraction of sp³-hybridized carbons (Fsp3) is 0.968. The second kappa shape index (κ2) is 23.6. The molecular formula is C31H61NO9. The van der Waals surface area contributed by atoms with Crippen LogP contribution in [0.25, 0.3) is 0 Å². The topological polar surface area (TPSA) is 169 Å². The van der Waals surface area contributed by atoms with Gasteiger partial charge in [0.25, 0.3) is 0 Å². The average Bonchev–Trinajstić information content (AvgIpc) is 2.97. The molecule has 0 aromatic heterocycles. The Morgan fingerprint density at radius 1 is 0.756 bits per heavy atom. The standard InChI is InChI=1S/C31H61NO9/c1-3-5-7-9-10-11-12-13-14-15-16-17-19-24(34)27(36)23(32-26(35)20-18-8-6-4-2)22-40-31-30(39)29(38)28(37)25(21-33)41-31/h23-25,27-31,33-34,36-39H,3-22H2,1-2H3,(H,32,35). The van der Waals surface area contributed by atoms with Crippen LogP contribution < -0.4 is 5.32 Å². The molecule has 8 unspecified atom stereocenters. The molecule has 0 radical (unpaired) electrons. The zero-order valence-electron chi connectivity index (χ0n) is 25.7. The van der Waals surface area contributed by atoms with Crippen molar-refractivity contribution in [3.63, 3.8) is 0 Å². The number of aliphatic hydroxyl groups excluding tert-OH is 6. The molecule has 0 aliphatic carbocycles. The summed E-state index contributed by atoms with van der Waals surface area (Å²) in [5.74, 6) is -0.278. The maximum Gasteiger partial charge on any atom is 0.220 e. The van der Waals surface area contributed by atoms with Crippen molar-refractivity contribution in [3.05, 3.63) is 0 Å². The summed E-state index contributed by atoms with van der Waals surface area (Å²) in [5.41, 5.74) is 0. The highest BCUT2D eigenvalue weighted by atomic mass is 16.7. The van der Waals surface area contributed by atoms with E-state index in [1.165, 1.54) is 51.4 Å². The Morgan fingerprint density at radius 3 is 1.80 bits per heavy atom. The first-order chi connectivity index (χ1) is 19.8. The van der Waals surface area contributed by atoms with E-state index < -0.39 is 55.6 Å². The number of aliphatic hydroxyl groups is 6. The van der Waals surface area contributed by atoms with Crippen molar-refractivity contribution in [1.29, 1.82) is 0 Å². The highest BCUT2D eigenvalue weighted by Gasteiger charge is 2.44. The largest absolute Gasteiger partial charge is 0.394 e. The van der Waals surface area contributed by atoms with Crippen molar-refractivity contribution in [1.82, 2.24) is 5.32 Å². The number of hydrogen-bond acceptors (Lipinski definition) is 9. The lowest BCUT2D eigenvalue weighted by Crippen LogP contribution is -2.60. The molecule has 244 valence electrons. The fourth-order valence-electron chi connectivity index (χ4n) is 5.25. The zero-order valence-corrected chi connectivity index (χ0v) is 25.7. The van der Waals surface area contributed by atoms with E-state index in [0.29, 0.717) is 12.8 Å². The Balaban J connectivity index is 2.51. The molecule has 1 saturated heterocycles. The number of carbonyl (C=O) groups excluding carboxylic acids is 1. The molecule has 10 heteroatoms. The fourth-order valence-corrected chi connectivity index (χ4v) is 5.25. The maximum absolute atomic E-state index is 12.6. The Labute approximate surface area is 247 Å². The quantitative estimate of drug-likeness (QED) is 0.0789. The van der Waals surface area contributed by atoms with Gasteiger partial charge in [0.1, 0.15) is 30.5 Å². The van der Waals surface area contributed by atoms with Crippen LogP contribution in [0.15, 0.2) is 0 Å². The zero-order chi connectivity index (χ0) is 30.5. The second-order valence-electron chi connectivity index (χ2n) is 11.8. The van der Waals surface area contributed by atoms with Crippen molar-refractivity contribution in [2.24, 2.45) is 0 Å². The van der Waals surface area contributed by atoms with Gasteiger partial charge in [0.15, 0.2) is 6.29 Å². The van der Waals surface area contributed by atoms with Crippen LogP contribution in [0.5, 0.6) is 0 Å². The first-order valence-electron chi connectivity index (χ1n) is 16.3. The number of unbranched alkanes of at least 4 members (excludes halogenated alkanes) is 14. The highest BCUT2D eigenvalue weighted by Crippen LogP contribution is 2.23. The SMILES string of the molecule is CCCCCCCCCCCCCCC(O)C(O)C(COC1OC(CO)C(O)C(O)C1O)NC(=O)CCCCCC. The molecule has 0 aromatic carbocycles. The molecule has 1 aliphatic rings. The van der Waals surface area contributed by atoms with Crippen LogP contribution in [0.4, 0.5) is 0 Å². The molecular weight excluding hydrogens is 530 g/mol. The van der Waals surface area contributed by atoms with Gasteiger partial charge in [-0.25, -0.2) is 0 Å². The first kappa shape index (κ1) is 38.2. The van der Waals surface area contributed by atoms with Gasteiger partial charge in [-0.2, -0.15) is 0 Å². The van der Waals surface area contributed by atoms with Crippen LogP contribution in [0.2, 0.25) is 0 Å². The van der Waals surface area contributed by atoms with E-state index in [-0.39, 0.29) is 18.9 Å². The van der Waals surface area contributed by atoms with E-state index in [2.05, 4.69) is 19.2 Å². The van der Waals surface area contributed by atoms with Crippen molar-refractivity contribution in [2.75, 3.05) is 13.2 Å². The molecule has 1 amide bonds. The van der Waals surface area contributed by atoms with Crippen LogP contribution >= 0.6 is 0 Å². The summed E-state index contributed by atoms with van der Waals surface area (Å²) in [4.78, 5) is 12.6. The molecule has 10 nitrogen and oxygen atoms in total. The van der Waals surface area contributed by atoms with Crippen molar-refractivity contribution >= 4 is 5.91 Å².